The first kappa shape index (κ1) is 17.1. The van der Waals surface area contributed by atoms with Gasteiger partial charge in [0, 0.05) is 5.56 Å². The molecule has 0 aliphatic carbocycles. The number of benzene rings is 2. The van der Waals surface area contributed by atoms with Crippen molar-refractivity contribution in [3.05, 3.63) is 59.7 Å². The molecule has 2 rings (SSSR count). The number of carbonyl (C=O) groups is 1. The molecule has 0 aromatic heterocycles. The van der Waals surface area contributed by atoms with Crippen LogP contribution in [0.1, 0.15) is 29.3 Å². The number of halogens is 2. The molecule has 0 spiro atoms. The molecule has 2 aromatic rings. The van der Waals surface area contributed by atoms with E-state index in [9.17, 15) is 4.79 Å². The standard InChI is InChI=1S/C17H18Cl2O2Si/c1-2-10-21-15-11-13(22-17(18)19)8-9-14(15)16(20)12-6-4-3-5-7-12/h3-9,11,17H,2,10,22H2,1H3. The van der Waals surface area contributed by atoms with Crippen molar-refractivity contribution < 1.29 is 9.53 Å². The second-order valence-corrected chi connectivity index (χ2v) is 9.32. The molecule has 0 atom stereocenters. The first-order valence-electron chi connectivity index (χ1n) is 7.25. The van der Waals surface area contributed by atoms with Crippen molar-refractivity contribution in [3.8, 4) is 5.75 Å². The van der Waals surface area contributed by atoms with E-state index in [2.05, 4.69) is 0 Å². The molecule has 0 unspecified atom stereocenters. The quantitative estimate of drug-likeness (QED) is 0.434. The Kier molecular flexibility index (Phi) is 6.49. The average Bonchev–Trinajstić information content (AvgIpc) is 2.52. The minimum absolute atomic E-state index is 0.0341. The van der Waals surface area contributed by atoms with Crippen LogP contribution in [0, 0.1) is 0 Å². The summed E-state index contributed by atoms with van der Waals surface area (Å²) < 4.78 is 5.43. The third-order valence-electron chi connectivity index (χ3n) is 3.18. The van der Waals surface area contributed by atoms with E-state index in [1.807, 2.05) is 55.5 Å². The minimum atomic E-state index is -0.785. The van der Waals surface area contributed by atoms with Crippen LogP contribution in [0.15, 0.2) is 48.5 Å². The monoisotopic (exact) mass is 352 g/mol. The fourth-order valence-electron chi connectivity index (χ4n) is 2.14. The molecule has 0 bridgehead atoms. The van der Waals surface area contributed by atoms with Crippen LogP contribution in [-0.2, 0) is 0 Å². The van der Waals surface area contributed by atoms with Gasteiger partial charge in [-0.25, -0.2) is 0 Å². The van der Waals surface area contributed by atoms with Crippen molar-refractivity contribution in [1.29, 1.82) is 0 Å². The molecule has 0 saturated carbocycles. The molecule has 0 heterocycles. The van der Waals surface area contributed by atoms with Gasteiger partial charge < -0.3 is 4.74 Å². The molecule has 2 aromatic carbocycles. The highest BCUT2D eigenvalue weighted by atomic mass is 35.5. The maximum atomic E-state index is 12.6. The fraction of sp³-hybridized carbons (Fsp3) is 0.235. The summed E-state index contributed by atoms with van der Waals surface area (Å²) in [6.07, 6.45) is 0.883. The van der Waals surface area contributed by atoms with Crippen LogP contribution in [-0.4, -0.2) is 26.4 Å². The highest BCUT2D eigenvalue weighted by Gasteiger charge is 2.16. The van der Waals surface area contributed by atoms with Gasteiger partial charge in [0.25, 0.3) is 0 Å². The molecule has 22 heavy (non-hydrogen) atoms. The number of rotatable bonds is 7. The van der Waals surface area contributed by atoms with E-state index in [0.717, 1.165) is 11.6 Å². The Balaban J connectivity index is 2.34. The number of ketones is 1. The molecule has 0 radical (unpaired) electrons. The van der Waals surface area contributed by atoms with Crippen LogP contribution in [0.3, 0.4) is 0 Å². The van der Waals surface area contributed by atoms with Crippen molar-refractivity contribution >= 4 is 43.7 Å². The lowest BCUT2D eigenvalue weighted by Gasteiger charge is -2.12. The lowest BCUT2D eigenvalue weighted by atomic mass is 10.0. The fourth-order valence-corrected chi connectivity index (χ4v) is 4.12. The number of hydrogen-bond acceptors (Lipinski definition) is 2. The van der Waals surface area contributed by atoms with Gasteiger partial charge in [-0.3, -0.25) is 4.79 Å². The maximum absolute atomic E-state index is 12.6. The smallest absolute Gasteiger partial charge is 0.196 e. The Bertz CT molecular complexity index is 630. The van der Waals surface area contributed by atoms with Crippen molar-refractivity contribution in [2.24, 2.45) is 0 Å². The van der Waals surface area contributed by atoms with Crippen LogP contribution in [0.25, 0.3) is 0 Å². The number of hydrogen-bond donors (Lipinski definition) is 0. The zero-order valence-electron chi connectivity index (χ0n) is 12.4. The number of alkyl halides is 2. The van der Waals surface area contributed by atoms with E-state index in [0.29, 0.717) is 23.5 Å². The van der Waals surface area contributed by atoms with Gasteiger partial charge in [-0.2, -0.15) is 0 Å². The highest BCUT2D eigenvalue weighted by Crippen LogP contribution is 2.21. The second-order valence-electron chi connectivity index (χ2n) is 4.97. The summed E-state index contributed by atoms with van der Waals surface area (Å²) in [6, 6.07) is 14.9. The first-order chi connectivity index (χ1) is 10.6. The van der Waals surface area contributed by atoms with E-state index >= 15 is 0 Å². The molecule has 0 fully saturated rings. The first-order valence-corrected chi connectivity index (χ1v) is 9.65. The Hall–Kier alpha value is -1.29. The topological polar surface area (TPSA) is 26.3 Å². The lowest BCUT2D eigenvalue weighted by Crippen LogP contribution is -2.21. The molecule has 0 amide bonds. The molecular weight excluding hydrogens is 335 g/mol. The Morgan fingerprint density at radius 3 is 2.55 bits per heavy atom. The van der Waals surface area contributed by atoms with E-state index in [1.54, 1.807) is 0 Å². The summed E-state index contributed by atoms with van der Waals surface area (Å²) in [5.41, 5.74) is 1.24. The van der Waals surface area contributed by atoms with Crippen LogP contribution >= 0.6 is 23.2 Å². The predicted molar refractivity (Wildman–Crippen MR) is 95.8 cm³/mol. The summed E-state index contributed by atoms with van der Waals surface area (Å²) in [5.74, 6) is 0.586. The van der Waals surface area contributed by atoms with Gasteiger partial charge in [0.1, 0.15) is 5.75 Å². The third-order valence-corrected chi connectivity index (χ3v) is 5.32. The zero-order chi connectivity index (χ0) is 15.9. The van der Waals surface area contributed by atoms with E-state index in [4.69, 9.17) is 27.9 Å². The molecule has 2 nitrogen and oxygen atoms in total. The van der Waals surface area contributed by atoms with Gasteiger partial charge in [0.05, 0.1) is 26.1 Å². The predicted octanol–water partition coefficient (Wildman–Crippen LogP) is 3.26. The van der Waals surface area contributed by atoms with Crippen LogP contribution in [0.4, 0.5) is 0 Å². The molecule has 0 aliphatic rings. The summed E-state index contributed by atoms with van der Waals surface area (Å²) in [4.78, 5) is 12.6. The Labute approximate surface area is 143 Å². The molecule has 0 saturated heterocycles. The summed E-state index contributed by atoms with van der Waals surface area (Å²) >= 11 is 11.8. The van der Waals surface area contributed by atoms with Gasteiger partial charge in [-0.15, -0.1) is 23.2 Å². The van der Waals surface area contributed by atoms with Gasteiger partial charge >= 0.3 is 0 Å². The van der Waals surface area contributed by atoms with E-state index in [1.165, 1.54) is 0 Å². The van der Waals surface area contributed by atoms with Crippen molar-refractivity contribution in [2.75, 3.05) is 6.61 Å². The highest BCUT2D eigenvalue weighted by molar-refractivity contribution is 6.75. The average molecular weight is 353 g/mol. The largest absolute Gasteiger partial charge is 0.493 e. The molecule has 0 aliphatic heterocycles. The summed E-state index contributed by atoms with van der Waals surface area (Å²) in [7, 11) is -0.785. The summed E-state index contributed by atoms with van der Waals surface area (Å²) in [6.45, 7) is 2.61. The van der Waals surface area contributed by atoms with Gasteiger partial charge in [-0.05, 0) is 18.6 Å². The maximum Gasteiger partial charge on any atom is 0.196 e. The van der Waals surface area contributed by atoms with Crippen molar-refractivity contribution in [2.45, 2.75) is 17.8 Å². The van der Waals surface area contributed by atoms with Gasteiger partial charge in [0.2, 0.25) is 0 Å². The molecule has 116 valence electrons. The Morgan fingerprint density at radius 1 is 1.18 bits per heavy atom. The zero-order valence-corrected chi connectivity index (χ0v) is 15.3. The van der Waals surface area contributed by atoms with Crippen molar-refractivity contribution in [3.63, 3.8) is 0 Å². The van der Waals surface area contributed by atoms with Crippen molar-refractivity contribution in [1.82, 2.24) is 0 Å². The lowest BCUT2D eigenvalue weighted by molar-refractivity contribution is 0.103. The van der Waals surface area contributed by atoms with Crippen LogP contribution < -0.4 is 9.92 Å². The number of ether oxygens (including phenoxy) is 1. The minimum Gasteiger partial charge on any atom is -0.493 e. The van der Waals surface area contributed by atoms with Gasteiger partial charge in [-0.1, -0.05) is 48.5 Å². The third kappa shape index (κ3) is 4.60. The molecule has 5 heteroatoms. The van der Waals surface area contributed by atoms with E-state index < -0.39 is 9.52 Å². The molecule has 0 N–H and O–H groups in total. The second kappa shape index (κ2) is 8.37. The summed E-state index contributed by atoms with van der Waals surface area (Å²) in [5, 5.41) is 1.09. The molecular formula is C17H18Cl2O2Si. The Morgan fingerprint density at radius 2 is 1.91 bits per heavy atom. The van der Waals surface area contributed by atoms with Crippen LogP contribution in [0.5, 0.6) is 5.75 Å². The van der Waals surface area contributed by atoms with Crippen LogP contribution in [0.2, 0.25) is 0 Å². The SMILES string of the molecule is CCCOc1cc([SiH2]C(Cl)Cl)ccc1C(=O)c1ccccc1. The van der Waals surface area contributed by atoms with Gasteiger partial charge in [0.15, 0.2) is 5.78 Å². The normalized spacial score (nSPS) is 11.3. The van der Waals surface area contributed by atoms with E-state index in [-0.39, 0.29) is 10.2 Å². The number of carbonyl (C=O) groups excluding carboxylic acids is 1.